The predicted octanol–water partition coefficient (Wildman–Crippen LogP) is 1.97. The number of hydrogen-bond acceptors (Lipinski definition) is 7. The Labute approximate surface area is 132 Å². The van der Waals surface area contributed by atoms with Crippen molar-refractivity contribution in [3.63, 3.8) is 0 Å². The van der Waals surface area contributed by atoms with Crippen LogP contribution in [-0.4, -0.2) is 38.6 Å². The summed E-state index contributed by atoms with van der Waals surface area (Å²) in [5.74, 6) is 1.43. The number of thioether (sulfide) groups is 1. The molecule has 0 saturated carbocycles. The maximum Gasteiger partial charge on any atom is 0.343 e. The number of rotatable bonds is 8. The Kier molecular flexibility index (Phi) is 5.78. The largest absolute Gasteiger partial charge is 0.385 e. The maximum atomic E-state index is 11.8. The van der Waals surface area contributed by atoms with Gasteiger partial charge in [0, 0.05) is 26.2 Å². The van der Waals surface area contributed by atoms with Crippen LogP contribution in [0.4, 0.5) is 0 Å². The highest BCUT2D eigenvalue weighted by atomic mass is 32.2. The van der Waals surface area contributed by atoms with Gasteiger partial charge in [-0.15, -0.1) is 5.10 Å². The minimum atomic E-state index is -0.223. The van der Waals surface area contributed by atoms with Crippen LogP contribution in [-0.2, 0) is 11.3 Å². The lowest BCUT2D eigenvalue weighted by atomic mass is 10.2. The van der Waals surface area contributed by atoms with Gasteiger partial charge < -0.3 is 9.26 Å². The third-order valence-electron chi connectivity index (χ3n) is 3.06. The molecule has 2 rings (SSSR count). The van der Waals surface area contributed by atoms with Gasteiger partial charge in [-0.05, 0) is 13.3 Å². The lowest BCUT2D eigenvalue weighted by Crippen LogP contribution is -2.18. The van der Waals surface area contributed by atoms with E-state index < -0.39 is 0 Å². The SMILES string of the molecule is COCCCn1c(SC(C)c2nc(C(C)C)no2)n[nH]c1=O. The summed E-state index contributed by atoms with van der Waals surface area (Å²) in [6.07, 6.45) is 0.746. The minimum Gasteiger partial charge on any atom is -0.385 e. The third kappa shape index (κ3) is 3.98. The summed E-state index contributed by atoms with van der Waals surface area (Å²) in [5.41, 5.74) is -0.223. The highest BCUT2D eigenvalue weighted by molar-refractivity contribution is 7.99. The van der Waals surface area contributed by atoms with Crippen LogP contribution in [0.3, 0.4) is 0 Å². The number of nitrogens with one attached hydrogen (secondary N) is 1. The first kappa shape index (κ1) is 16.8. The lowest BCUT2D eigenvalue weighted by molar-refractivity contribution is 0.189. The summed E-state index contributed by atoms with van der Waals surface area (Å²) in [6.45, 7) is 7.11. The van der Waals surface area contributed by atoms with E-state index in [-0.39, 0.29) is 16.9 Å². The summed E-state index contributed by atoms with van der Waals surface area (Å²) in [6, 6.07) is 0. The fraction of sp³-hybridized carbons (Fsp3) is 0.692. The van der Waals surface area contributed by atoms with Crippen molar-refractivity contribution in [1.29, 1.82) is 0 Å². The molecule has 9 heteroatoms. The number of H-pyrrole nitrogens is 1. The van der Waals surface area contributed by atoms with Crippen molar-refractivity contribution in [1.82, 2.24) is 24.9 Å². The van der Waals surface area contributed by atoms with E-state index in [1.54, 1.807) is 11.7 Å². The Balaban J connectivity index is 2.07. The molecule has 2 heterocycles. The van der Waals surface area contributed by atoms with Crippen LogP contribution >= 0.6 is 11.8 Å². The molecule has 0 saturated heterocycles. The normalized spacial score (nSPS) is 13.0. The second kappa shape index (κ2) is 7.59. The van der Waals surface area contributed by atoms with Crippen LogP contribution in [0.5, 0.6) is 0 Å². The minimum absolute atomic E-state index is 0.0867. The number of aromatic nitrogens is 5. The molecule has 0 aliphatic rings. The van der Waals surface area contributed by atoms with Crippen molar-refractivity contribution in [2.45, 2.75) is 50.1 Å². The monoisotopic (exact) mass is 327 g/mol. The highest BCUT2D eigenvalue weighted by Gasteiger charge is 2.20. The maximum absolute atomic E-state index is 11.8. The van der Waals surface area contributed by atoms with Crippen molar-refractivity contribution in [2.75, 3.05) is 13.7 Å². The Morgan fingerprint density at radius 3 is 2.82 bits per heavy atom. The van der Waals surface area contributed by atoms with E-state index in [0.717, 1.165) is 6.42 Å². The van der Waals surface area contributed by atoms with E-state index in [2.05, 4.69) is 20.3 Å². The number of hydrogen-bond donors (Lipinski definition) is 1. The van der Waals surface area contributed by atoms with Crippen LogP contribution in [0.25, 0.3) is 0 Å². The molecule has 1 N–H and O–H groups in total. The number of ether oxygens (including phenoxy) is 1. The average molecular weight is 327 g/mol. The van der Waals surface area contributed by atoms with Gasteiger partial charge in [-0.2, -0.15) is 4.98 Å². The topological polar surface area (TPSA) is 98.8 Å². The van der Waals surface area contributed by atoms with Gasteiger partial charge in [0.1, 0.15) is 0 Å². The molecule has 2 aromatic heterocycles. The van der Waals surface area contributed by atoms with Crippen LogP contribution in [0.15, 0.2) is 14.5 Å². The molecule has 0 bridgehead atoms. The van der Waals surface area contributed by atoms with Crippen LogP contribution in [0, 0.1) is 0 Å². The molecule has 0 radical (unpaired) electrons. The molecule has 0 fully saturated rings. The summed E-state index contributed by atoms with van der Waals surface area (Å²) in [5, 5.41) is 11.0. The van der Waals surface area contributed by atoms with Crippen LogP contribution in [0.1, 0.15) is 50.1 Å². The van der Waals surface area contributed by atoms with Gasteiger partial charge in [0.15, 0.2) is 11.0 Å². The standard InChI is InChI=1S/C13H21N5O3S/c1-8(2)10-14-11(21-17-10)9(3)22-13-16-15-12(19)18(13)6-5-7-20-4/h8-9H,5-7H2,1-4H3,(H,15,19). The Morgan fingerprint density at radius 1 is 1.41 bits per heavy atom. The zero-order valence-electron chi connectivity index (χ0n) is 13.2. The predicted molar refractivity (Wildman–Crippen MR) is 82.0 cm³/mol. The fourth-order valence-corrected chi connectivity index (χ4v) is 2.73. The van der Waals surface area contributed by atoms with Gasteiger partial charge in [-0.3, -0.25) is 4.57 Å². The first-order valence-corrected chi connectivity index (χ1v) is 8.05. The van der Waals surface area contributed by atoms with Crippen molar-refractivity contribution in [2.24, 2.45) is 0 Å². The molecule has 2 aromatic rings. The molecule has 0 spiro atoms. The molecule has 8 nitrogen and oxygen atoms in total. The van der Waals surface area contributed by atoms with E-state index >= 15 is 0 Å². The highest BCUT2D eigenvalue weighted by Crippen LogP contribution is 2.32. The zero-order chi connectivity index (χ0) is 16.1. The van der Waals surface area contributed by atoms with E-state index in [9.17, 15) is 4.79 Å². The second-order valence-electron chi connectivity index (χ2n) is 5.21. The molecule has 1 atom stereocenters. The molecule has 0 aliphatic carbocycles. The lowest BCUT2D eigenvalue weighted by Gasteiger charge is -2.07. The second-order valence-corrected chi connectivity index (χ2v) is 6.52. The molecule has 0 aliphatic heterocycles. The summed E-state index contributed by atoms with van der Waals surface area (Å²) < 4.78 is 11.9. The quantitative estimate of drug-likeness (QED) is 0.584. The van der Waals surface area contributed by atoms with Gasteiger partial charge in [0.05, 0.1) is 5.25 Å². The molecule has 0 aromatic carbocycles. The van der Waals surface area contributed by atoms with Gasteiger partial charge in [0.2, 0.25) is 5.89 Å². The average Bonchev–Trinajstić information content (AvgIpc) is 3.09. The smallest absolute Gasteiger partial charge is 0.343 e. The van der Waals surface area contributed by atoms with E-state index in [0.29, 0.717) is 30.0 Å². The van der Waals surface area contributed by atoms with Gasteiger partial charge in [-0.25, -0.2) is 9.89 Å². The van der Waals surface area contributed by atoms with Crippen molar-refractivity contribution < 1.29 is 9.26 Å². The molecule has 122 valence electrons. The van der Waals surface area contributed by atoms with Crippen molar-refractivity contribution in [3.05, 3.63) is 22.2 Å². The number of methoxy groups -OCH3 is 1. The molecule has 0 amide bonds. The first-order valence-electron chi connectivity index (χ1n) is 7.17. The van der Waals surface area contributed by atoms with E-state index in [4.69, 9.17) is 9.26 Å². The Morgan fingerprint density at radius 2 is 2.18 bits per heavy atom. The first-order chi connectivity index (χ1) is 10.5. The van der Waals surface area contributed by atoms with E-state index in [1.165, 1.54) is 11.8 Å². The fourth-order valence-electron chi connectivity index (χ4n) is 1.81. The van der Waals surface area contributed by atoms with E-state index in [1.807, 2.05) is 20.8 Å². The van der Waals surface area contributed by atoms with Crippen molar-refractivity contribution >= 4 is 11.8 Å². The summed E-state index contributed by atoms with van der Waals surface area (Å²) >= 11 is 1.41. The molecular weight excluding hydrogens is 306 g/mol. The number of nitrogens with zero attached hydrogens (tertiary/aromatic N) is 4. The third-order valence-corrected chi connectivity index (χ3v) is 4.13. The summed E-state index contributed by atoms with van der Waals surface area (Å²) in [4.78, 5) is 16.2. The van der Waals surface area contributed by atoms with Gasteiger partial charge in [-0.1, -0.05) is 30.8 Å². The molecular formula is C13H21N5O3S. The van der Waals surface area contributed by atoms with Gasteiger partial charge >= 0.3 is 5.69 Å². The molecule has 22 heavy (non-hydrogen) atoms. The Bertz CT molecular complexity index is 648. The van der Waals surface area contributed by atoms with Gasteiger partial charge in [0.25, 0.3) is 0 Å². The Hall–Kier alpha value is -1.61. The number of aromatic amines is 1. The molecule has 1 unspecified atom stereocenters. The zero-order valence-corrected chi connectivity index (χ0v) is 14.0. The summed E-state index contributed by atoms with van der Waals surface area (Å²) in [7, 11) is 1.64. The van der Waals surface area contributed by atoms with Crippen LogP contribution in [0.2, 0.25) is 0 Å². The van der Waals surface area contributed by atoms with Crippen molar-refractivity contribution in [3.8, 4) is 0 Å². The van der Waals surface area contributed by atoms with Crippen LogP contribution < -0.4 is 5.69 Å².